The molecule has 0 unspecified atom stereocenters. The lowest BCUT2D eigenvalue weighted by atomic mass is 10.1. The van der Waals surface area contributed by atoms with Crippen LogP contribution in [0.3, 0.4) is 0 Å². The van der Waals surface area contributed by atoms with Gasteiger partial charge in [-0.2, -0.15) is 0 Å². The first-order chi connectivity index (χ1) is 8.94. The van der Waals surface area contributed by atoms with E-state index < -0.39 is 41.7 Å². The number of hydrogen-bond acceptors (Lipinski definition) is 6. The van der Waals surface area contributed by atoms with Crippen molar-refractivity contribution in [3.63, 3.8) is 0 Å². The summed E-state index contributed by atoms with van der Waals surface area (Å²) in [4.78, 5) is 19.1. The molecule has 10 heteroatoms. The van der Waals surface area contributed by atoms with Gasteiger partial charge < -0.3 is 0 Å². The van der Waals surface area contributed by atoms with Crippen LogP contribution in [-0.4, -0.2) is 23.8 Å². The Bertz CT molecular complexity index is 662. The Balaban J connectivity index is 3.46. The molecule has 1 aromatic rings. The number of non-ortho nitro benzene ring substituents is 1. The van der Waals surface area contributed by atoms with Gasteiger partial charge in [-0.15, -0.1) is 0 Å². The van der Waals surface area contributed by atoms with Crippen LogP contribution in [0, 0.1) is 20.2 Å². The molecule has 0 atom stereocenters. The number of nitrogens with one attached hydrogen (secondary N) is 1. The molecule has 0 bridgehead atoms. The van der Waals surface area contributed by atoms with Crippen LogP contribution in [0.25, 0.3) is 0 Å². The van der Waals surface area contributed by atoms with E-state index in [1.165, 1.54) is 0 Å². The molecule has 20 heavy (non-hydrogen) atoms. The maximum absolute atomic E-state index is 12.1. The second-order valence-electron chi connectivity index (χ2n) is 5.02. The average Bonchev–Trinajstić information content (AvgIpc) is 2.24. The van der Waals surface area contributed by atoms with Crippen LogP contribution in [0.5, 0.6) is 0 Å². The van der Waals surface area contributed by atoms with Crippen LogP contribution in [-0.2, 0) is 10.0 Å². The summed E-state index contributed by atoms with van der Waals surface area (Å²) in [7, 11) is -4.15. The first-order valence-electron chi connectivity index (χ1n) is 5.41. The highest BCUT2D eigenvalue weighted by Crippen LogP contribution is 2.28. The highest BCUT2D eigenvalue weighted by atomic mass is 32.2. The molecule has 0 aliphatic carbocycles. The molecule has 0 aromatic heterocycles. The fourth-order valence-corrected chi connectivity index (χ4v) is 3.02. The molecule has 1 rings (SSSR count). The topological polar surface area (TPSA) is 132 Å². The van der Waals surface area contributed by atoms with Gasteiger partial charge in [0.25, 0.3) is 11.4 Å². The predicted octanol–water partition coefficient (Wildman–Crippen LogP) is 1.58. The summed E-state index contributed by atoms with van der Waals surface area (Å²) in [6, 6.07) is 2.38. The van der Waals surface area contributed by atoms with Gasteiger partial charge >= 0.3 is 0 Å². The smallest absolute Gasteiger partial charge is 0.258 e. The van der Waals surface area contributed by atoms with Crippen LogP contribution < -0.4 is 4.72 Å². The monoisotopic (exact) mass is 303 g/mol. The van der Waals surface area contributed by atoms with Crippen LogP contribution >= 0.6 is 0 Å². The first-order valence-corrected chi connectivity index (χ1v) is 6.89. The zero-order valence-electron chi connectivity index (χ0n) is 11.0. The molecule has 0 fully saturated rings. The first kappa shape index (κ1) is 16.0. The van der Waals surface area contributed by atoms with E-state index in [1.807, 2.05) is 0 Å². The number of sulfonamides is 1. The van der Waals surface area contributed by atoms with Crippen molar-refractivity contribution in [1.29, 1.82) is 0 Å². The molecule has 0 amide bonds. The lowest BCUT2D eigenvalue weighted by Crippen LogP contribution is -2.40. The lowest BCUT2D eigenvalue weighted by Gasteiger charge is -2.20. The van der Waals surface area contributed by atoms with Crippen molar-refractivity contribution in [2.45, 2.75) is 31.2 Å². The van der Waals surface area contributed by atoms with Crippen molar-refractivity contribution >= 4 is 21.4 Å². The average molecular weight is 303 g/mol. The molecule has 0 radical (unpaired) electrons. The van der Waals surface area contributed by atoms with Crippen LogP contribution in [0.2, 0.25) is 0 Å². The SMILES string of the molecule is CC(C)(C)NS(=O)(=O)c1ccc([N+](=O)[O-])cc1[N+](=O)[O-]. The van der Waals surface area contributed by atoms with Gasteiger partial charge in [0.1, 0.15) is 0 Å². The van der Waals surface area contributed by atoms with E-state index in [-0.39, 0.29) is 0 Å². The number of nitro benzene ring substituents is 2. The molecule has 0 spiro atoms. The lowest BCUT2D eigenvalue weighted by molar-refractivity contribution is -0.396. The van der Waals surface area contributed by atoms with Crippen molar-refractivity contribution < 1.29 is 18.3 Å². The molecule has 1 N–H and O–H groups in total. The molecular formula is C10H13N3O6S. The third kappa shape index (κ3) is 3.71. The Kier molecular flexibility index (Phi) is 4.10. The zero-order valence-corrected chi connectivity index (χ0v) is 11.8. The molecule has 0 saturated heterocycles. The summed E-state index contributed by atoms with van der Waals surface area (Å²) in [6.07, 6.45) is 0. The highest BCUT2D eigenvalue weighted by molar-refractivity contribution is 7.89. The molecule has 9 nitrogen and oxygen atoms in total. The molecule has 0 heterocycles. The van der Waals surface area contributed by atoms with Crippen molar-refractivity contribution in [2.24, 2.45) is 0 Å². The second kappa shape index (κ2) is 5.13. The van der Waals surface area contributed by atoms with E-state index in [0.717, 1.165) is 12.1 Å². The van der Waals surface area contributed by atoms with Gasteiger partial charge in [0.15, 0.2) is 4.90 Å². The summed E-state index contributed by atoms with van der Waals surface area (Å²) in [5, 5.41) is 21.5. The van der Waals surface area contributed by atoms with E-state index in [4.69, 9.17) is 0 Å². The van der Waals surface area contributed by atoms with Gasteiger partial charge in [0.05, 0.1) is 15.9 Å². The minimum absolute atomic E-state index is 0.550. The van der Waals surface area contributed by atoms with E-state index in [2.05, 4.69) is 4.72 Å². The Morgan fingerprint density at radius 2 is 1.65 bits per heavy atom. The maximum atomic E-state index is 12.1. The van der Waals surface area contributed by atoms with Gasteiger partial charge in [-0.05, 0) is 26.8 Å². The van der Waals surface area contributed by atoms with Crippen LogP contribution in [0.15, 0.2) is 23.1 Å². The summed E-state index contributed by atoms with van der Waals surface area (Å²) < 4.78 is 26.4. The standard InChI is InChI=1S/C10H13N3O6S/c1-10(2,3)11-20(18,19)9-5-4-7(12(14)15)6-8(9)13(16)17/h4-6,11H,1-3H3. The summed E-state index contributed by atoms with van der Waals surface area (Å²) in [5.74, 6) is 0. The van der Waals surface area contributed by atoms with E-state index >= 15 is 0 Å². The summed E-state index contributed by atoms with van der Waals surface area (Å²) in [5.41, 5.74) is -2.23. The fourth-order valence-electron chi connectivity index (χ4n) is 1.45. The summed E-state index contributed by atoms with van der Waals surface area (Å²) >= 11 is 0. The maximum Gasteiger partial charge on any atom is 0.296 e. The van der Waals surface area contributed by atoms with E-state index in [0.29, 0.717) is 6.07 Å². The number of hydrogen-bond donors (Lipinski definition) is 1. The fraction of sp³-hybridized carbons (Fsp3) is 0.400. The Morgan fingerprint density at radius 1 is 1.10 bits per heavy atom. The number of nitrogens with zero attached hydrogens (tertiary/aromatic N) is 2. The molecule has 0 aliphatic heterocycles. The predicted molar refractivity (Wildman–Crippen MR) is 69.8 cm³/mol. The van der Waals surface area contributed by atoms with Gasteiger partial charge in [-0.25, -0.2) is 13.1 Å². The van der Waals surface area contributed by atoms with Crippen molar-refractivity contribution in [3.05, 3.63) is 38.4 Å². The quantitative estimate of drug-likeness (QED) is 0.663. The third-order valence-corrected chi connectivity index (χ3v) is 3.89. The highest BCUT2D eigenvalue weighted by Gasteiger charge is 2.31. The third-order valence-electron chi connectivity index (χ3n) is 2.08. The molecule has 0 aliphatic rings. The van der Waals surface area contributed by atoms with Crippen molar-refractivity contribution in [1.82, 2.24) is 4.72 Å². The Labute approximate surface area is 115 Å². The van der Waals surface area contributed by atoms with Gasteiger partial charge in [-0.1, -0.05) is 0 Å². The van der Waals surface area contributed by atoms with Gasteiger partial charge in [-0.3, -0.25) is 20.2 Å². The summed E-state index contributed by atoms with van der Waals surface area (Å²) in [6.45, 7) is 4.71. The Hall–Kier alpha value is -2.07. The minimum Gasteiger partial charge on any atom is -0.258 e. The second-order valence-corrected chi connectivity index (χ2v) is 6.67. The van der Waals surface area contributed by atoms with Crippen LogP contribution in [0.1, 0.15) is 20.8 Å². The minimum atomic E-state index is -4.15. The van der Waals surface area contributed by atoms with Gasteiger partial charge in [0, 0.05) is 11.6 Å². The van der Waals surface area contributed by atoms with E-state index in [1.54, 1.807) is 20.8 Å². The van der Waals surface area contributed by atoms with E-state index in [9.17, 15) is 28.6 Å². The van der Waals surface area contributed by atoms with Crippen molar-refractivity contribution in [2.75, 3.05) is 0 Å². The molecule has 0 saturated carbocycles. The molecular weight excluding hydrogens is 290 g/mol. The largest absolute Gasteiger partial charge is 0.296 e. The zero-order chi connectivity index (χ0) is 15.7. The number of nitro groups is 2. The van der Waals surface area contributed by atoms with Crippen molar-refractivity contribution in [3.8, 4) is 0 Å². The normalized spacial score (nSPS) is 12.2. The van der Waals surface area contributed by atoms with Crippen LogP contribution in [0.4, 0.5) is 11.4 Å². The number of rotatable bonds is 4. The Morgan fingerprint density at radius 3 is 2.05 bits per heavy atom. The number of benzene rings is 1. The molecule has 1 aromatic carbocycles. The molecule has 110 valence electrons. The van der Waals surface area contributed by atoms with Gasteiger partial charge in [0.2, 0.25) is 10.0 Å².